The number of amides is 2. The minimum absolute atomic E-state index is 0.169. The van der Waals surface area contributed by atoms with Crippen molar-refractivity contribution in [2.45, 2.75) is 39.3 Å². The number of benzene rings is 3. The van der Waals surface area contributed by atoms with E-state index < -0.39 is 6.04 Å². The predicted octanol–water partition coefficient (Wildman–Crippen LogP) is 5.19. The molecule has 0 aliphatic carbocycles. The van der Waals surface area contributed by atoms with Gasteiger partial charge in [-0.2, -0.15) is 0 Å². The average molecular weight is 479 g/mol. The van der Waals surface area contributed by atoms with E-state index in [4.69, 9.17) is 16.3 Å². The van der Waals surface area contributed by atoms with Crippen LogP contribution in [0.5, 0.6) is 5.75 Å². The number of aryl methyl sites for hydroxylation is 1. The third-order valence-electron chi connectivity index (χ3n) is 5.51. The second-order valence-electron chi connectivity index (χ2n) is 8.20. The molecule has 0 saturated carbocycles. The molecule has 0 saturated heterocycles. The highest BCUT2D eigenvalue weighted by Crippen LogP contribution is 2.19. The number of carbonyl (C=O) groups excluding carboxylic acids is 2. The van der Waals surface area contributed by atoms with E-state index >= 15 is 0 Å². The summed E-state index contributed by atoms with van der Waals surface area (Å²) in [7, 11) is 0. The molecule has 0 bridgehead atoms. The van der Waals surface area contributed by atoms with Crippen LogP contribution in [0.3, 0.4) is 0 Å². The summed E-state index contributed by atoms with van der Waals surface area (Å²) in [5.74, 6) is 0.196. The van der Waals surface area contributed by atoms with Crippen molar-refractivity contribution in [1.29, 1.82) is 0 Å². The summed E-state index contributed by atoms with van der Waals surface area (Å²) in [4.78, 5) is 28.4. The van der Waals surface area contributed by atoms with Gasteiger partial charge in [0, 0.05) is 24.5 Å². The zero-order chi connectivity index (χ0) is 24.3. The summed E-state index contributed by atoms with van der Waals surface area (Å²) in [5.41, 5.74) is 2.76. The normalized spacial score (nSPS) is 11.5. The average Bonchev–Trinajstić information content (AvgIpc) is 2.84. The fraction of sp³-hybridized carbons (Fsp3) is 0.286. The standard InChI is InChI=1S/C28H31ClN2O3/c1-3-16-30-28(33)25(18-22-11-5-4-6-12-22)31(19-23-13-9-14-24(29)17-23)27(32)20-34-26-15-8-7-10-21(26)2/h4-15,17,25H,3,16,18-20H2,1-2H3,(H,30,33)/t25-/m0/s1. The molecule has 6 heteroatoms. The number of halogens is 1. The molecule has 5 nitrogen and oxygen atoms in total. The Morgan fingerprint density at radius 3 is 2.38 bits per heavy atom. The largest absolute Gasteiger partial charge is 0.484 e. The highest BCUT2D eigenvalue weighted by Gasteiger charge is 2.30. The van der Waals surface area contributed by atoms with Crippen LogP contribution in [0.25, 0.3) is 0 Å². The van der Waals surface area contributed by atoms with Crippen molar-refractivity contribution in [2.75, 3.05) is 13.2 Å². The molecule has 0 spiro atoms. The number of nitrogens with one attached hydrogen (secondary N) is 1. The first kappa shape index (κ1) is 25.3. The molecule has 0 fully saturated rings. The number of rotatable bonds is 11. The van der Waals surface area contributed by atoms with Gasteiger partial charge < -0.3 is 15.0 Å². The summed E-state index contributed by atoms with van der Waals surface area (Å²) in [6.07, 6.45) is 1.20. The Hall–Kier alpha value is -3.31. The van der Waals surface area contributed by atoms with Gasteiger partial charge in [0.1, 0.15) is 11.8 Å². The van der Waals surface area contributed by atoms with Gasteiger partial charge in [0.15, 0.2) is 6.61 Å². The van der Waals surface area contributed by atoms with Crippen molar-refractivity contribution in [3.8, 4) is 5.75 Å². The van der Waals surface area contributed by atoms with Crippen molar-refractivity contribution in [2.24, 2.45) is 0 Å². The monoisotopic (exact) mass is 478 g/mol. The SMILES string of the molecule is CCCNC(=O)[C@H](Cc1ccccc1)N(Cc1cccc(Cl)c1)C(=O)COc1ccccc1C. The molecule has 3 rings (SSSR count). The first-order chi connectivity index (χ1) is 16.5. The maximum absolute atomic E-state index is 13.5. The lowest BCUT2D eigenvalue weighted by molar-refractivity contribution is -0.142. The molecule has 0 aliphatic heterocycles. The molecule has 2 amide bonds. The Labute approximate surface area is 206 Å². The fourth-order valence-electron chi connectivity index (χ4n) is 3.69. The topological polar surface area (TPSA) is 58.6 Å². The lowest BCUT2D eigenvalue weighted by Gasteiger charge is -2.31. The van der Waals surface area contributed by atoms with E-state index in [1.54, 1.807) is 11.0 Å². The molecule has 3 aromatic rings. The van der Waals surface area contributed by atoms with E-state index in [9.17, 15) is 9.59 Å². The number of para-hydroxylation sites is 1. The fourth-order valence-corrected chi connectivity index (χ4v) is 3.91. The quantitative estimate of drug-likeness (QED) is 0.412. The Morgan fingerprint density at radius 1 is 0.971 bits per heavy atom. The Balaban J connectivity index is 1.90. The summed E-state index contributed by atoms with van der Waals surface area (Å²) >= 11 is 6.20. The zero-order valence-corrected chi connectivity index (χ0v) is 20.4. The minimum Gasteiger partial charge on any atom is -0.484 e. The molecule has 1 N–H and O–H groups in total. The third kappa shape index (κ3) is 7.35. The first-order valence-electron chi connectivity index (χ1n) is 11.5. The van der Waals surface area contributed by atoms with E-state index in [-0.39, 0.29) is 25.0 Å². The molecule has 3 aromatic carbocycles. The van der Waals surface area contributed by atoms with Crippen LogP contribution >= 0.6 is 11.6 Å². The van der Waals surface area contributed by atoms with Crippen LogP contribution in [0.2, 0.25) is 5.02 Å². The van der Waals surface area contributed by atoms with E-state index in [2.05, 4.69) is 5.32 Å². The second-order valence-corrected chi connectivity index (χ2v) is 8.64. The Morgan fingerprint density at radius 2 is 1.68 bits per heavy atom. The van der Waals surface area contributed by atoms with Gasteiger partial charge in [0.25, 0.3) is 5.91 Å². The van der Waals surface area contributed by atoms with Crippen molar-refractivity contribution in [1.82, 2.24) is 10.2 Å². The number of hydrogen-bond acceptors (Lipinski definition) is 3. The smallest absolute Gasteiger partial charge is 0.261 e. The molecule has 0 radical (unpaired) electrons. The van der Waals surface area contributed by atoms with Gasteiger partial charge >= 0.3 is 0 Å². The summed E-state index contributed by atoms with van der Waals surface area (Å²) in [5, 5.41) is 3.55. The Bertz CT molecular complexity index is 1090. The van der Waals surface area contributed by atoms with Crippen molar-refractivity contribution < 1.29 is 14.3 Å². The van der Waals surface area contributed by atoms with Crippen LogP contribution < -0.4 is 10.1 Å². The molecule has 0 aliphatic rings. The predicted molar refractivity (Wildman–Crippen MR) is 136 cm³/mol. The maximum Gasteiger partial charge on any atom is 0.261 e. The summed E-state index contributed by atoms with van der Waals surface area (Å²) < 4.78 is 5.85. The van der Waals surface area contributed by atoms with Gasteiger partial charge in [0.2, 0.25) is 5.91 Å². The molecule has 1 atom stereocenters. The highest BCUT2D eigenvalue weighted by atomic mass is 35.5. The lowest BCUT2D eigenvalue weighted by Crippen LogP contribution is -2.51. The molecular formula is C28H31ClN2O3. The van der Waals surface area contributed by atoms with Gasteiger partial charge in [0.05, 0.1) is 0 Å². The minimum atomic E-state index is -0.694. The molecule has 178 valence electrons. The summed E-state index contributed by atoms with van der Waals surface area (Å²) in [6.45, 7) is 4.55. The summed E-state index contributed by atoms with van der Waals surface area (Å²) in [6, 6.07) is 23.9. The van der Waals surface area contributed by atoms with E-state index in [1.165, 1.54) is 0 Å². The van der Waals surface area contributed by atoms with Crippen LogP contribution in [0, 0.1) is 6.92 Å². The molecule has 0 heterocycles. The van der Waals surface area contributed by atoms with Crippen molar-refractivity contribution in [3.63, 3.8) is 0 Å². The van der Waals surface area contributed by atoms with Gasteiger partial charge in [-0.1, -0.05) is 79.2 Å². The Kier molecular flexibility index (Phi) is 9.53. The van der Waals surface area contributed by atoms with Gasteiger partial charge in [-0.3, -0.25) is 9.59 Å². The van der Waals surface area contributed by atoms with Crippen LogP contribution in [0.1, 0.15) is 30.0 Å². The number of hydrogen-bond donors (Lipinski definition) is 1. The first-order valence-corrected chi connectivity index (χ1v) is 11.9. The van der Waals surface area contributed by atoms with E-state index in [0.717, 1.165) is 23.1 Å². The molecule has 34 heavy (non-hydrogen) atoms. The molecule has 0 aromatic heterocycles. The zero-order valence-electron chi connectivity index (χ0n) is 19.7. The third-order valence-corrected chi connectivity index (χ3v) is 5.74. The van der Waals surface area contributed by atoms with Gasteiger partial charge in [-0.15, -0.1) is 0 Å². The van der Waals surface area contributed by atoms with Crippen molar-refractivity contribution in [3.05, 3.63) is 101 Å². The number of carbonyl (C=O) groups is 2. The van der Waals surface area contributed by atoms with Crippen LogP contribution in [-0.2, 0) is 22.6 Å². The van der Waals surface area contributed by atoms with Gasteiger partial charge in [-0.05, 0) is 48.2 Å². The van der Waals surface area contributed by atoms with Crippen LogP contribution in [0.15, 0.2) is 78.9 Å². The van der Waals surface area contributed by atoms with Crippen LogP contribution in [-0.4, -0.2) is 35.9 Å². The van der Waals surface area contributed by atoms with E-state index in [1.807, 2.05) is 86.6 Å². The highest BCUT2D eigenvalue weighted by molar-refractivity contribution is 6.30. The molecular weight excluding hydrogens is 448 g/mol. The second kappa shape index (κ2) is 12.8. The number of nitrogens with zero attached hydrogens (tertiary/aromatic N) is 1. The lowest BCUT2D eigenvalue weighted by atomic mass is 10.0. The van der Waals surface area contributed by atoms with Crippen molar-refractivity contribution >= 4 is 23.4 Å². The number of ether oxygens (including phenoxy) is 1. The molecule has 0 unspecified atom stereocenters. The van der Waals surface area contributed by atoms with Gasteiger partial charge in [-0.25, -0.2) is 0 Å². The van der Waals surface area contributed by atoms with Crippen LogP contribution in [0.4, 0.5) is 0 Å². The van der Waals surface area contributed by atoms with E-state index in [0.29, 0.717) is 23.7 Å². The maximum atomic E-state index is 13.5.